The summed E-state index contributed by atoms with van der Waals surface area (Å²) < 4.78 is 2.13. The molecule has 0 aliphatic heterocycles. The molecule has 0 radical (unpaired) electrons. The van der Waals surface area contributed by atoms with Gasteiger partial charge in [-0.2, -0.15) is 0 Å². The Morgan fingerprint density at radius 2 is 0.917 bits per heavy atom. The SMILES string of the molecule is Cc1ccc(C(=O)Nc2ccc(-c3ccc(NC(=O)c4ccc(C)c(I)c4)c(C)c3)cc2C)cc1I. The molecule has 0 aromatic heterocycles. The summed E-state index contributed by atoms with van der Waals surface area (Å²) in [6.45, 7) is 8.03. The third-order valence-electron chi connectivity index (χ3n) is 6.15. The molecule has 2 amide bonds. The third-order valence-corrected chi connectivity index (χ3v) is 8.47. The Kier molecular flexibility index (Phi) is 8.14. The van der Waals surface area contributed by atoms with E-state index in [-0.39, 0.29) is 11.8 Å². The number of nitrogens with one attached hydrogen (secondary N) is 2. The fourth-order valence-corrected chi connectivity index (χ4v) is 4.85. The van der Waals surface area contributed by atoms with Gasteiger partial charge in [0.15, 0.2) is 0 Å². The second-order valence-electron chi connectivity index (χ2n) is 8.90. The molecule has 36 heavy (non-hydrogen) atoms. The predicted octanol–water partition coefficient (Wildman–Crippen LogP) is 8.30. The monoisotopic (exact) mass is 700 g/mol. The quantitative estimate of drug-likeness (QED) is 0.206. The zero-order chi connectivity index (χ0) is 26.0. The number of hydrogen-bond acceptors (Lipinski definition) is 2. The minimum atomic E-state index is -0.122. The maximum Gasteiger partial charge on any atom is 0.255 e. The van der Waals surface area contributed by atoms with Crippen molar-refractivity contribution in [3.05, 3.63) is 113 Å². The van der Waals surface area contributed by atoms with Gasteiger partial charge in [0.1, 0.15) is 0 Å². The van der Waals surface area contributed by atoms with E-state index in [4.69, 9.17) is 0 Å². The van der Waals surface area contributed by atoms with Gasteiger partial charge in [0.2, 0.25) is 0 Å². The number of carbonyl (C=O) groups excluding carboxylic acids is 2. The minimum Gasteiger partial charge on any atom is -0.322 e. The van der Waals surface area contributed by atoms with E-state index < -0.39 is 0 Å². The van der Waals surface area contributed by atoms with Crippen LogP contribution in [0.5, 0.6) is 0 Å². The summed E-state index contributed by atoms with van der Waals surface area (Å²) in [7, 11) is 0. The first kappa shape index (κ1) is 26.3. The summed E-state index contributed by atoms with van der Waals surface area (Å²) in [5.41, 5.74) is 9.20. The van der Waals surface area contributed by atoms with Crippen LogP contribution in [0.15, 0.2) is 72.8 Å². The fraction of sp³-hybridized carbons (Fsp3) is 0.133. The summed E-state index contributed by atoms with van der Waals surface area (Å²) in [5, 5.41) is 6.05. The van der Waals surface area contributed by atoms with Crippen LogP contribution >= 0.6 is 45.2 Å². The molecule has 0 aliphatic rings. The molecule has 4 aromatic rings. The number of carbonyl (C=O) groups is 2. The van der Waals surface area contributed by atoms with E-state index in [0.717, 1.165) is 51.9 Å². The second-order valence-corrected chi connectivity index (χ2v) is 11.2. The number of aryl methyl sites for hydroxylation is 4. The van der Waals surface area contributed by atoms with Crippen molar-refractivity contribution in [2.45, 2.75) is 27.7 Å². The summed E-state index contributed by atoms with van der Waals surface area (Å²) in [6, 6.07) is 23.4. The first-order valence-electron chi connectivity index (χ1n) is 11.5. The number of anilines is 2. The van der Waals surface area contributed by atoms with Gasteiger partial charge in [-0.15, -0.1) is 0 Å². The fourth-order valence-electron chi connectivity index (χ4n) is 3.82. The lowest BCUT2D eigenvalue weighted by Crippen LogP contribution is -2.13. The average Bonchev–Trinajstić information content (AvgIpc) is 2.84. The molecule has 0 bridgehead atoms. The maximum atomic E-state index is 12.7. The smallest absolute Gasteiger partial charge is 0.255 e. The Balaban J connectivity index is 1.49. The molecular weight excluding hydrogens is 674 g/mol. The lowest BCUT2D eigenvalue weighted by Gasteiger charge is -2.13. The van der Waals surface area contributed by atoms with Gasteiger partial charge in [-0.25, -0.2) is 0 Å². The average molecular weight is 700 g/mol. The third kappa shape index (κ3) is 5.98. The molecule has 0 heterocycles. The largest absolute Gasteiger partial charge is 0.322 e. The Hall–Kier alpha value is -2.72. The summed E-state index contributed by atoms with van der Waals surface area (Å²) in [5.74, 6) is -0.245. The predicted molar refractivity (Wildman–Crippen MR) is 165 cm³/mol. The topological polar surface area (TPSA) is 58.2 Å². The Morgan fingerprint density at radius 1 is 0.528 bits per heavy atom. The Bertz CT molecular complexity index is 1380. The first-order chi connectivity index (χ1) is 17.1. The van der Waals surface area contributed by atoms with E-state index in [1.54, 1.807) is 0 Å². The van der Waals surface area contributed by atoms with E-state index in [1.807, 2.05) is 88.4 Å². The molecular formula is C30H26I2N2O2. The van der Waals surface area contributed by atoms with Crippen LogP contribution in [-0.4, -0.2) is 11.8 Å². The maximum absolute atomic E-state index is 12.7. The highest BCUT2D eigenvalue weighted by molar-refractivity contribution is 14.1. The van der Waals surface area contributed by atoms with E-state index in [2.05, 4.69) is 67.9 Å². The van der Waals surface area contributed by atoms with Crippen molar-refractivity contribution in [3.8, 4) is 11.1 Å². The molecule has 0 saturated heterocycles. The van der Waals surface area contributed by atoms with Gasteiger partial charge in [-0.05, 0) is 155 Å². The van der Waals surface area contributed by atoms with Crippen LogP contribution < -0.4 is 10.6 Å². The molecule has 2 N–H and O–H groups in total. The van der Waals surface area contributed by atoms with E-state index >= 15 is 0 Å². The van der Waals surface area contributed by atoms with E-state index in [9.17, 15) is 9.59 Å². The van der Waals surface area contributed by atoms with Crippen LogP contribution in [0, 0.1) is 34.8 Å². The molecule has 0 fully saturated rings. The number of rotatable bonds is 5. The van der Waals surface area contributed by atoms with Gasteiger partial charge in [0, 0.05) is 29.6 Å². The molecule has 0 spiro atoms. The van der Waals surface area contributed by atoms with Crippen molar-refractivity contribution in [1.29, 1.82) is 0 Å². The van der Waals surface area contributed by atoms with Crippen molar-refractivity contribution in [1.82, 2.24) is 0 Å². The highest BCUT2D eigenvalue weighted by Crippen LogP contribution is 2.29. The molecule has 4 aromatic carbocycles. The van der Waals surface area contributed by atoms with Crippen LogP contribution in [0.25, 0.3) is 11.1 Å². The van der Waals surface area contributed by atoms with Gasteiger partial charge in [-0.3, -0.25) is 9.59 Å². The first-order valence-corrected chi connectivity index (χ1v) is 13.6. The molecule has 0 aliphatic carbocycles. The molecule has 6 heteroatoms. The number of hydrogen-bond donors (Lipinski definition) is 2. The van der Waals surface area contributed by atoms with E-state index in [0.29, 0.717) is 11.1 Å². The van der Waals surface area contributed by atoms with Crippen LogP contribution in [0.4, 0.5) is 11.4 Å². The summed E-state index contributed by atoms with van der Waals surface area (Å²) in [4.78, 5) is 25.5. The van der Waals surface area contributed by atoms with E-state index in [1.165, 1.54) is 0 Å². The van der Waals surface area contributed by atoms with Crippen LogP contribution in [0.2, 0.25) is 0 Å². The normalized spacial score (nSPS) is 10.7. The van der Waals surface area contributed by atoms with Crippen LogP contribution in [-0.2, 0) is 0 Å². The summed E-state index contributed by atoms with van der Waals surface area (Å²) >= 11 is 4.49. The van der Waals surface area contributed by atoms with Crippen molar-refractivity contribution in [2.24, 2.45) is 0 Å². The van der Waals surface area contributed by atoms with Crippen molar-refractivity contribution < 1.29 is 9.59 Å². The van der Waals surface area contributed by atoms with Crippen molar-refractivity contribution >= 4 is 68.4 Å². The lowest BCUT2D eigenvalue weighted by atomic mass is 9.99. The number of amides is 2. The molecule has 4 rings (SSSR count). The molecule has 0 saturated carbocycles. The molecule has 0 unspecified atom stereocenters. The zero-order valence-electron chi connectivity index (χ0n) is 20.5. The Morgan fingerprint density at radius 3 is 1.25 bits per heavy atom. The highest BCUT2D eigenvalue weighted by Gasteiger charge is 2.12. The minimum absolute atomic E-state index is 0.122. The van der Waals surface area contributed by atoms with Gasteiger partial charge < -0.3 is 10.6 Å². The number of benzene rings is 4. The van der Waals surface area contributed by atoms with Crippen molar-refractivity contribution in [2.75, 3.05) is 10.6 Å². The summed E-state index contributed by atoms with van der Waals surface area (Å²) in [6.07, 6.45) is 0. The molecule has 4 nitrogen and oxygen atoms in total. The zero-order valence-corrected chi connectivity index (χ0v) is 24.8. The van der Waals surface area contributed by atoms with Crippen LogP contribution in [0.1, 0.15) is 43.0 Å². The second kappa shape index (κ2) is 11.1. The van der Waals surface area contributed by atoms with Crippen LogP contribution in [0.3, 0.4) is 0 Å². The van der Waals surface area contributed by atoms with Gasteiger partial charge in [0.25, 0.3) is 11.8 Å². The van der Waals surface area contributed by atoms with Gasteiger partial charge >= 0.3 is 0 Å². The molecule has 0 atom stereocenters. The van der Waals surface area contributed by atoms with Gasteiger partial charge in [-0.1, -0.05) is 24.3 Å². The highest BCUT2D eigenvalue weighted by atomic mass is 127. The Labute approximate surface area is 239 Å². The molecule has 182 valence electrons. The standard InChI is InChI=1S/C30H26I2N2O2/c1-17-5-7-23(15-25(17)31)29(35)33-27-11-9-21(13-19(27)3)22-10-12-28(20(4)14-22)34-30(36)24-8-6-18(2)26(32)16-24/h5-16H,1-4H3,(H,33,35)(H,34,36). The van der Waals surface area contributed by atoms with Crippen molar-refractivity contribution in [3.63, 3.8) is 0 Å². The number of halogens is 2. The lowest BCUT2D eigenvalue weighted by molar-refractivity contribution is 0.101. The van der Waals surface area contributed by atoms with Gasteiger partial charge in [0.05, 0.1) is 0 Å².